The van der Waals surface area contributed by atoms with Crippen LogP contribution in [-0.2, 0) is 4.79 Å². The minimum Gasteiger partial charge on any atom is -0.370 e. The van der Waals surface area contributed by atoms with Crippen LogP contribution in [0.5, 0.6) is 0 Å². The van der Waals surface area contributed by atoms with E-state index in [9.17, 15) is 4.79 Å². The average molecular weight is 201 g/mol. The number of carbonyl (C=O) groups is 1. The largest absolute Gasteiger partial charge is 0.370 e. The molecule has 7 N–H and O–H groups in total. The van der Waals surface area contributed by atoms with Crippen molar-refractivity contribution >= 4 is 11.9 Å². The van der Waals surface area contributed by atoms with E-state index in [0.717, 1.165) is 12.8 Å². The molecule has 0 fully saturated rings. The van der Waals surface area contributed by atoms with Crippen molar-refractivity contribution in [1.29, 1.82) is 0 Å². The van der Waals surface area contributed by atoms with Crippen LogP contribution in [0.3, 0.4) is 0 Å². The van der Waals surface area contributed by atoms with Gasteiger partial charge in [-0.25, -0.2) is 0 Å². The zero-order chi connectivity index (χ0) is 11.0. The van der Waals surface area contributed by atoms with E-state index in [1.807, 2.05) is 0 Å². The van der Waals surface area contributed by atoms with Crippen LogP contribution in [0.4, 0.5) is 0 Å². The molecule has 82 valence electrons. The van der Waals surface area contributed by atoms with Crippen molar-refractivity contribution in [2.45, 2.75) is 25.3 Å². The van der Waals surface area contributed by atoms with Crippen LogP contribution in [-0.4, -0.2) is 31.5 Å². The third-order valence-corrected chi connectivity index (χ3v) is 1.80. The fraction of sp³-hybridized carbons (Fsp3) is 0.750. The highest BCUT2D eigenvalue weighted by Crippen LogP contribution is 1.99. The average Bonchev–Trinajstić information content (AvgIpc) is 2.15. The number of likely N-dealkylation sites (N-methyl/N-ethyl adjacent to an activating group) is 1. The zero-order valence-electron chi connectivity index (χ0n) is 8.49. The lowest BCUT2D eigenvalue weighted by Crippen LogP contribution is -2.38. The predicted octanol–water partition coefficient (Wildman–Crippen LogP) is -1.50. The maximum atomic E-state index is 11.0. The molecule has 0 spiro atoms. The summed E-state index contributed by atoms with van der Waals surface area (Å²) in [6, 6.07) is -0.431. The molecule has 0 radical (unpaired) electrons. The van der Waals surface area contributed by atoms with E-state index in [0.29, 0.717) is 13.0 Å². The fourth-order valence-corrected chi connectivity index (χ4v) is 1.00. The zero-order valence-corrected chi connectivity index (χ0v) is 8.49. The smallest absolute Gasteiger partial charge is 0.236 e. The number of hydrogen-bond acceptors (Lipinski definition) is 3. The van der Waals surface area contributed by atoms with Gasteiger partial charge in [0, 0.05) is 13.6 Å². The van der Waals surface area contributed by atoms with E-state index < -0.39 is 6.04 Å². The van der Waals surface area contributed by atoms with Gasteiger partial charge in [-0.15, -0.1) is 0 Å². The van der Waals surface area contributed by atoms with Gasteiger partial charge in [0.25, 0.3) is 0 Å². The Kier molecular flexibility index (Phi) is 6.47. The van der Waals surface area contributed by atoms with Gasteiger partial charge in [0.2, 0.25) is 5.91 Å². The van der Waals surface area contributed by atoms with Crippen LogP contribution < -0.4 is 22.5 Å². The Balaban J connectivity index is 3.45. The second kappa shape index (κ2) is 7.14. The molecule has 6 heteroatoms. The number of nitrogens with two attached hydrogens (primary N) is 3. The number of unbranched alkanes of at least 4 members (excludes halogenated alkanes) is 1. The lowest BCUT2D eigenvalue weighted by molar-refractivity contribution is -0.122. The van der Waals surface area contributed by atoms with Crippen LogP contribution in [0.25, 0.3) is 0 Å². The van der Waals surface area contributed by atoms with Crippen LogP contribution in [0.2, 0.25) is 0 Å². The molecule has 0 aromatic heterocycles. The number of aliphatic imine (C=N–C) groups is 1. The molecule has 0 aliphatic rings. The number of rotatable bonds is 6. The van der Waals surface area contributed by atoms with E-state index in [2.05, 4.69) is 10.3 Å². The first-order chi connectivity index (χ1) is 6.57. The monoisotopic (exact) mass is 201 g/mol. The molecule has 1 atom stereocenters. The summed E-state index contributed by atoms with van der Waals surface area (Å²) in [5, 5.41) is 2.49. The van der Waals surface area contributed by atoms with Crippen molar-refractivity contribution in [3.8, 4) is 0 Å². The Morgan fingerprint density at radius 1 is 1.43 bits per heavy atom. The first-order valence-electron chi connectivity index (χ1n) is 4.60. The van der Waals surface area contributed by atoms with Crippen LogP contribution >= 0.6 is 0 Å². The molecule has 0 aromatic carbocycles. The molecule has 14 heavy (non-hydrogen) atoms. The maximum absolute atomic E-state index is 11.0. The maximum Gasteiger partial charge on any atom is 0.236 e. The molecule has 0 aliphatic carbocycles. The summed E-state index contributed by atoms with van der Waals surface area (Å²) in [6.07, 6.45) is 2.33. The second-order valence-electron chi connectivity index (χ2n) is 3.02. The number of hydrogen-bond donors (Lipinski definition) is 4. The number of nitrogens with one attached hydrogen (secondary N) is 1. The Bertz CT molecular complexity index is 200. The lowest BCUT2D eigenvalue weighted by Gasteiger charge is -2.08. The van der Waals surface area contributed by atoms with Gasteiger partial charge in [0.05, 0.1) is 6.04 Å². The van der Waals surface area contributed by atoms with Gasteiger partial charge < -0.3 is 22.5 Å². The first-order valence-corrected chi connectivity index (χ1v) is 4.60. The molecule has 0 heterocycles. The summed E-state index contributed by atoms with van der Waals surface area (Å²) in [6.45, 7) is 0.586. The molecular weight excluding hydrogens is 182 g/mol. The quantitative estimate of drug-likeness (QED) is 0.237. The van der Waals surface area contributed by atoms with Crippen molar-refractivity contribution in [1.82, 2.24) is 5.32 Å². The molecule has 0 aromatic rings. The highest BCUT2D eigenvalue weighted by molar-refractivity contribution is 5.81. The molecule has 0 rings (SSSR count). The normalized spacial score (nSPS) is 11.9. The molecule has 6 nitrogen and oxygen atoms in total. The van der Waals surface area contributed by atoms with Gasteiger partial charge >= 0.3 is 0 Å². The Labute approximate surface area is 83.9 Å². The fourth-order valence-electron chi connectivity index (χ4n) is 1.00. The molecule has 0 bridgehead atoms. The van der Waals surface area contributed by atoms with Crippen LogP contribution in [0, 0.1) is 0 Å². The molecule has 0 aliphatic heterocycles. The highest BCUT2D eigenvalue weighted by Gasteiger charge is 2.09. The van der Waals surface area contributed by atoms with Gasteiger partial charge in [-0.05, 0) is 19.3 Å². The Morgan fingerprint density at radius 3 is 2.57 bits per heavy atom. The van der Waals surface area contributed by atoms with Crippen LogP contribution in [0.1, 0.15) is 19.3 Å². The van der Waals surface area contributed by atoms with Gasteiger partial charge in [0.1, 0.15) is 0 Å². The summed E-state index contributed by atoms with van der Waals surface area (Å²) in [7, 11) is 1.57. The van der Waals surface area contributed by atoms with Gasteiger partial charge in [-0.3, -0.25) is 9.79 Å². The third kappa shape index (κ3) is 6.24. The number of amides is 1. The standard InChI is InChI=1S/C8H19N5O/c1-12-7(14)6(9)4-2-3-5-13-8(10)11/h6H,2-5,9H2,1H3,(H,12,14)(H4,10,11,13)/t6-/m1/s1. The van der Waals surface area contributed by atoms with E-state index in [1.54, 1.807) is 7.05 Å². The Morgan fingerprint density at radius 2 is 2.07 bits per heavy atom. The second-order valence-corrected chi connectivity index (χ2v) is 3.02. The van der Waals surface area contributed by atoms with Crippen LogP contribution in [0.15, 0.2) is 4.99 Å². The minimum absolute atomic E-state index is 0.0978. The molecular formula is C8H19N5O. The molecule has 0 unspecified atom stereocenters. The van der Waals surface area contributed by atoms with Crippen molar-refractivity contribution in [2.24, 2.45) is 22.2 Å². The van der Waals surface area contributed by atoms with E-state index in [1.165, 1.54) is 0 Å². The number of carbonyl (C=O) groups excluding carboxylic acids is 1. The summed E-state index contributed by atoms with van der Waals surface area (Å²) in [4.78, 5) is 14.8. The van der Waals surface area contributed by atoms with Gasteiger partial charge in [0.15, 0.2) is 5.96 Å². The van der Waals surface area contributed by atoms with Gasteiger partial charge in [-0.1, -0.05) is 0 Å². The van der Waals surface area contributed by atoms with Crippen molar-refractivity contribution in [2.75, 3.05) is 13.6 Å². The highest BCUT2D eigenvalue weighted by atomic mass is 16.2. The number of nitrogens with zero attached hydrogens (tertiary/aromatic N) is 1. The molecule has 0 saturated heterocycles. The lowest BCUT2D eigenvalue weighted by atomic mass is 10.1. The predicted molar refractivity (Wildman–Crippen MR) is 56.6 cm³/mol. The number of guanidine groups is 1. The summed E-state index contributed by atoms with van der Waals surface area (Å²) in [5.41, 5.74) is 15.9. The van der Waals surface area contributed by atoms with Crippen molar-refractivity contribution < 1.29 is 4.79 Å². The van der Waals surface area contributed by atoms with Crippen molar-refractivity contribution in [3.63, 3.8) is 0 Å². The molecule has 0 saturated carbocycles. The van der Waals surface area contributed by atoms with E-state index >= 15 is 0 Å². The summed E-state index contributed by atoms with van der Waals surface area (Å²) in [5.74, 6) is -0.0348. The van der Waals surface area contributed by atoms with Crippen molar-refractivity contribution in [3.05, 3.63) is 0 Å². The first kappa shape index (κ1) is 12.7. The topological polar surface area (TPSA) is 120 Å². The van der Waals surface area contributed by atoms with E-state index in [-0.39, 0.29) is 11.9 Å². The Hall–Kier alpha value is -1.30. The summed E-state index contributed by atoms with van der Waals surface area (Å²) < 4.78 is 0. The van der Waals surface area contributed by atoms with E-state index in [4.69, 9.17) is 17.2 Å². The summed E-state index contributed by atoms with van der Waals surface area (Å²) >= 11 is 0. The molecule has 1 amide bonds. The minimum atomic E-state index is -0.431. The SMILES string of the molecule is CNC(=O)[C@H](N)CCCCN=C(N)N. The van der Waals surface area contributed by atoms with Gasteiger partial charge in [-0.2, -0.15) is 0 Å². The third-order valence-electron chi connectivity index (χ3n) is 1.80.